The highest BCUT2D eigenvalue weighted by molar-refractivity contribution is 7.16. The van der Waals surface area contributed by atoms with Crippen LogP contribution in [0.4, 0.5) is 0 Å². The first-order chi connectivity index (χ1) is 10.2. The third-order valence-corrected chi connectivity index (χ3v) is 5.24. The number of likely N-dealkylation sites (tertiary alicyclic amines) is 1. The molecule has 2 rings (SSSR count). The zero-order valence-corrected chi connectivity index (χ0v) is 15.0. The average molecular weight is 344 g/mol. The summed E-state index contributed by atoms with van der Waals surface area (Å²) >= 11 is 7.42. The Labute approximate surface area is 140 Å². The van der Waals surface area contributed by atoms with Crippen molar-refractivity contribution in [2.45, 2.75) is 46.1 Å². The third kappa shape index (κ3) is 3.98. The van der Waals surface area contributed by atoms with Gasteiger partial charge in [-0.25, -0.2) is 4.98 Å². The lowest BCUT2D eigenvalue weighted by Gasteiger charge is -2.31. The molecule has 0 aromatic carbocycles. The minimum atomic E-state index is -0.256. The van der Waals surface area contributed by atoms with Crippen molar-refractivity contribution in [3.8, 4) is 0 Å². The van der Waals surface area contributed by atoms with E-state index in [9.17, 15) is 9.59 Å². The molecule has 1 aliphatic heterocycles. The maximum atomic E-state index is 12.2. The van der Waals surface area contributed by atoms with Crippen LogP contribution < -0.4 is 5.32 Å². The van der Waals surface area contributed by atoms with Crippen LogP contribution in [0.15, 0.2) is 0 Å². The first kappa shape index (κ1) is 17.2. The third-order valence-electron chi connectivity index (χ3n) is 3.73. The van der Waals surface area contributed by atoms with Gasteiger partial charge in [-0.2, -0.15) is 0 Å². The first-order valence-corrected chi connectivity index (χ1v) is 8.58. The summed E-state index contributed by atoms with van der Waals surface area (Å²) in [6, 6.07) is 0. The average Bonchev–Trinajstić information content (AvgIpc) is 2.93. The highest BCUT2D eigenvalue weighted by Crippen LogP contribution is 2.26. The topological polar surface area (TPSA) is 62.3 Å². The van der Waals surface area contributed by atoms with Crippen LogP contribution in [0.2, 0.25) is 4.34 Å². The number of carbonyl (C=O) groups excluding carboxylic acids is 2. The molecular weight excluding hydrogens is 322 g/mol. The molecule has 1 saturated heterocycles. The molecule has 0 radical (unpaired) electrons. The van der Waals surface area contributed by atoms with Crippen LogP contribution in [0.1, 0.15) is 37.9 Å². The first-order valence-electron chi connectivity index (χ1n) is 7.38. The molecule has 0 aliphatic carbocycles. The molecular formula is C15H22ClN3O2S. The molecule has 0 spiro atoms. The zero-order valence-electron chi connectivity index (χ0n) is 13.4. The monoisotopic (exact) mass is 343 g/mol. The van der Waals surface area contributed by atoms with E-state index in [1.165, 1.54) is 11.3 Å². The molecule has 5 nitrogen and oxygen atoms in total. The minimum absolute atomic E-state index is 0.0509. The molecule has 1 aliphatic rings. The number of nitrogens with one attached hydrogen (secondary N) is 1. The van der Waals surface area contributed by atoms with E-state index >= 15 is 0 Å². The number of nitrogens with zero attached hydrogens (tertiary/aromatic N) is 2. The summed E-state index contributed by atoms with van der Waals surface area (Å²) in [7, 11) is 0. The van der Waals surface area contributed by atoms with E-state index in [2.05, 4.69) is 10.3 Å². The predicted octanol–water partition coefficient (Wildman–Crippen LogP) is 2.41. The highest BCUT2D eigenvalue weighted by Gasteiger charge is 2.39. The van der Waals surface area contributed by atoms with E-state index in [4.69, 9.17) is 11.6 Å². The van der Waals surface area contributed by atoms with Gasteiger partial charge in [0, 0.05) is 31.5 Å². The lowest BCUT2D eigenvalue weighted by molar-refractivity contribution is -0.132. The van der Waals surface area contributed by atoms with Crippen molar-refractivity contribution in [2.75, 3.05) is 13.1 Å². The van der Waals surface area contributed by atoms with Crippen molar-refractivity contribution in [1.82, 2.24) is 15.2 Å². The van der Waals surface area contributed by atoms with Crippen LogP contribution in [0.5, 0.6) is 0 Å². The highest BCUT2D eigenvalue weighted by atomic mass is 35.5. The smallest absolute Gasteiger partial charge is 0.225 e. The Bertz CT molecular complexity index is 560. The minimum Gasteiger partial charge on any atom is -0.355 e. The fourth-order valence-electron chi connectivity index (χ4n) is 2.51. The molecule has 1 N–H and O–H groups in total. The Morgan fingerprint density at radius 2 is 2.18 bits per heavy atom. The number of aryl methyl sites for hydroxylation is 1. The van der Waals surface area contributed by atoms with E-state index in [1.54, 1.807) is 4.90 Å². The summed E-state index contributed by atoms with van der Waals surface area (Å²) in [6.07, 6.45) is 0.957. The zero-order chi connectivity index (χ0) is 16.5. The van der Waals surface area contributed by atoms with Crippen LogP contribution in [0.3, 0.4) is 0 Å². The quantitative estimate of drug-likeness (QED) is 0.913. The van der Waals surface area contributed by atoms with E-state index < -0.39 is 0 Å². The Balaban J connectivity index is 1.82. The van der Waals surface area contributed by atoms with Crippen molar-refractivity contribution in [2.24, 2.45) is 5.92 Å². The van der Waals surface area contributed by atoms with Gasteiger partial charge in [-0.15, -0.1) is 11.3 Å². The van der Waals surface area contributed by atoms with E-state index in [0.717, 1.165) is 10.7 Å². The number of amides is 2. The molecule has 0 saturated carbocycles. The second kappa shape index (κ2) is 6.54. The van der Waals surface area contributed by atoms with E-state index in [0.29, 0.717) is 30.3 Å². The number of carbonyl (C=O) groups is 2. The van der Waals surface area contributed by atoms with Crippen molar-refractivity contribution >= 4 is 34.8 Å². The molecule has 1 aromatic rings. The van der Waals surface area contributed by atoms with Gasteiger partial charge in [0.2, 0.25) is 11.8 Å². The van der Waals surface area contributed by atoms with Gasteiger partial charge in [-0.1, -0.05) is 11.6 Å². The normalized spacial score (nSPS) is 18.9. The van der Waals surface area contributed by atoms with Gasteiger partial charge in [0.05, 0.1) is 16.6 Å². The molecule has 1 fully saturated rings. The van der Waals surface area contributed by atoms with Crippen molar-refractivity contribution in [3.05, 3.63) is 15.0 Å². The molecule has 122 valence electrons. The maximum absolute atomic E-state index is 12.2. The van der Waals surface area contributed by atoms with Crippen LogP contribution in [-0.4, -0.2) is 40.3 Å². The summed E-state index contributed by atoms with van der Waals surface area (Å²) in [4.78, 5) is 30.3. The summed E-state index contributed by atoms with van der Waals surface area (Å²) in [6.45, 7) is 8.84. The van der Waals surface area contributed by atoms with Crippen molar-refractivity contribution in [3.63, 3.8) is 0 Å². The van der Waals surface area contributed by atoms with Crippen molar-refractivity contribution in [1.29, 1.82) is 0 Å². The SMILES string of the molecule is Cc1nc(CCNC(=O)[C@@H]2CC(=O)N(C(C)(C)C)C2)sc1Cl. The lowest BCUT2D eigenvalue weighted by Crippen LogP contribution is -2.43. The fraction of sp³-hybridized carbons (Fsp3) is 0.667. The molecule has 0 unspecified atom stereocenters. The van der Waals surface area contributed by atoms with Gasteiger partial charge in [-0.05, 0) is 27.7 Å². The van der Waals surface area contributed by atoms with Crippen LogP contribution in [0.25, 0.3) is 0 Å². The largest absolute Gasteiger partial charge is 0.355 e. The number of aromatic nitrogens is 1. The summed E-state index contributed by atoms with van der Waals surface area (Å²) in [5.41, 5.74) is 0.594. The second-order valence-corrected chi connectivity index (χ2v) is 8.27. The number of halogens is 1. The van der Waals surface area contributed by atoms with Crippen LogP contribution in [-0.2, 0) is 16.0 Å². The fourth-order valence-corrected chi connectivity index (χ4v) is 3.60. The number of hydrogen-bond donors (Lipinski definition) is 1. The van der Waals surface area contributed by atoms with E-state index in [-0.39, 0.29) is 23.3 Å². The molecule has 2 heterocycles. The van der Waals surface area contributed by atoms with Gasteiger partial charge in [0.25, 0.3) is 0 Å². The Hall–Kier alpha value is -1.14. The second-order valence-electron chi connectivity index (χ2n) is 6.58. The standard InChI is InChI=1S/C15H22ClN3O2S/c1-9-13(16)22-11(18-9)5-6-17-14(21)10-7-12(20)19(8-10)15(2,3)4/h10H,5-8H2,1-4H3,(H,17,21)/t10-/m1/s1. The Kier molecular flexibility index (Phi) is 5.12. The summed E-state index contributed by atoms with van der Waals surface area (Å²) < 4.78 is 0.698. The summed E-state index contributed by atoms with van der Waals surface area (Å²) in [5, 5.41) is 3.82. The molecule has 0 bridgehead atoms. The molecule has 1 atom stereocenters. The van der Waals surface area contributed by atoms with Crippen LogP contribution >= 0.6 is 22.9 Å². The van der Waals surface area contributed by atoms with Gasteiger partial charge < -0.3 is 10.2 Å². The molecule has 2 amide bonds. The number of thiazole rings is 1. The molecule has 1 aromatic heterocycles. The van der Waals surface area contributed by atoms with E-state index in [1.807, 2.05) is 27.7 Å². The Morgan fingerprint density at radius 1 is 1.50 bits per heavy atom. The summed E-state index contributed by atoms with van der Waals surface area (Å²) in [5.74, 6) is -0.261. The van der Waals surface area contributed by atoms with Crippen molar-refractivity contribution < 1.29 is 9.59 Å². The Morgan fingerprint density at radius 3 is 2.68 bits per heavy atom. The van der Waals surface area contributed by atoms with Gasteiger partial charge in [0.15, 0.2) is 0 Å². The molecule has 7 heteroatoms. The predicted molar refractivity (Wildman–Crippen MR) is 88.1 cm³/mol. The van der Waals surface area contributed by atoms with Gasteiger partial charge >= 0.3 is 0 Å². The maximum Gasteiger partial charge on any atom is 0.225 e. The number of hydrogen-bond acceptors (Lipinski definition) is 4. The van der Waals surface area contributed by atoms with Gasteiger partial charge in [-0.3, -0.25) is 9.59 Å². The van der Waals surface area contributed by atoms with Gasteiger partial charge in [0.1, 0.15) is 4.34 Å². The van der Waals surface area contributed by atoms with Crippen LogP contribution in [0, 0.1) is 12.8 Å². The lowest BCUT2D eigenvalue weighted by atomic mass is 10.1. The number of rotatable bonds is 4. The molecule has 22 heavy (non-hydrogen) atoms.